The first-order chi connectivity index (χ1) is 17.1. The lowest BCUT2D eigenvalue weighted by Crippen LogP contribution is -2.36. The van der Waals surface area contributed by atoms with Crippen molar-refractivity contribution in [3.05, 3.63) is 36.7 Å². The molecule has 0 saturated carbocycles. The predicted octanol–water partition coefficient (Wildman–Crippen LogP) is 1.31. The molecule has 0 amide bonds. The maximum absolute atomic E-state index is 15.1. The maximum Gasteiger partial charge on any atom is 0.459 e. The van der Waals surface area contributed by atoms with E-state index in [9.17, 15) is 19.6 Å². The molecule has 0 aliphatic carbocycles. The van der Waals surface area contributed by atoms with E-state index in [1.807, 2.05) is 0 Å². The number of anilines is 2. The Morgan fingerprint density at radius 2 is 2.08 bits per heavy atom. The highest BCUT2D eigenvalue weighted by Crippen LogP contribution is 2.46. The number of carboxylic acids is 1. The summed E-state index contributed by atoms with van der Waals surface area (Å²) in [5, 5.41) is 24.8. The summed E-state index contributed by atoms with van der Waals surface area (Å²) in [6.07, 6.45) is -5.01. The number of rotatable bonds is 10. The zero-order valence-corrected chi connectivity index (χ0v) is 20.1. The molecule has 0 radical (unpaired) electrons. The first-order valence-electron chi connectivity index (χ1n) is 10.8. The molecule has 1 aliphatic heterocycles. The number of ether oxygens (including phenoxy) is 1. The summed E-state index contributed by atoms with van der Waals surface area (Å²) in [4.78, 5) is 23.6. The number of nitrogen functional groups attached to an aromatic ring is 1. The molecule has 3 heterocycles. The molecule has 1 aliphatic rings. The third-order valence-electron chi connectivity index (χ3n) is 5.34. The molecule has 0 spiro atoms. The van der Waals surface area contributed by atoms with Gasteiger partial charge in [0.15, 0.2) is 29.4 Å². The minimum absolute atomic E-state index is 0.0833. The Morgan fingerprint density at radius 3 is 2.75 bits per heavy atom. The number of aliphatic hydroxyl groups is 1. The summed E-state index contributed by atoms with van der Waals surface area (Å²) >= 11 is 0. The van der Waals surface area contributed by atoms with Crippen molar-refractivity contribution in [2.75, 3.05) is 24.7 Å². The summed E-state index contributed by atoms with van der Waals surface area (Å²) in [5.74, 6) is -0.920. The van der Waals surface area contributed by atoms with Crippen molar-refractivity contribution in [1.29, 1.82) is 0 Å². The Kier molecular flexibility index (Phi) is 7.38. The molecule has 1 fully saturated rings. The van der Waals surface area contributed by atoms with E-state index in [4.69, 9.17) is 19.5 Å². The molecule has 14 nitrogen and oxygen atoms in total. The second-order valence-electron chi connectivity index (χ2n) is 7.89. The number of para-hydroxylation sites is 1. The van der Waals surface area contributed by atoms with Crippen molar-refractivity contribution in [3.63, 3.8) is 0 Å². The number of aliphatic hydroxyl groups excluding tert-OH is 1. The average Bonchev–Trinajstić information content (AvgIpc) is 3.38. The van der Waals surface area contributed by atoms with E-state index in [-0.39, 0.29) is 17.3 Å². The molecular formula is C20H25FN7O7P. The lowest BCUT2D eigenvalue weighted by molar-refractivity contribution is -0.138. The molecule has 6 N–H and O–H groups in total. The van der Waals surface area contributed by atoms with Crippen molar-refractivity contribution in [1.82, 2.24) is 24.6 Å². The highest BCUT2D eigenvalue weighted by atomic mass is 31.2. The SMILES string of the molecule is CNc1nc(N)nc2c1ncn2[C@@H]1O[C@H](COP(=O)(NC(C)C(=O)O)Oc2ccccc2)[C@@H](O)[C@@H]1F. The second kappa shape index (κ2) is 10.3. The van der Waals surface area contributed by atoms with Crippen molar-refractivity contribution >= 4 is 36.6 Å². The molecule has 3 aromatic rings. The summed E-state index contributed by atoms with van der Waals surface area (Å²) in [7, 11) is -2.69. The lowest BCUT2D eigenvalue weighted by Gasteiger charge is -2.23. The Bertz CT molecular complexity index is 1280. The van der Waals surface area contributed by atoms with Gasteiger partial charge < -0.3 is 30.5 Å². The van der Waals surface area contributed by atoms with Crippen LogP contribution in [0.25, 0.3) is 11.2 Å². The minimum Gasteiger partial charge on any atom is -0.480 e. The van der Waals surface area contributed by atoms with Crippen molar-refractivity contribution in [2.45, 2.75) is 37.6 Å². The smallest absolute Gasteiger partial charge is 0.459 e. The van der Waals surface area contributed by atoms with E-state index in [1.54, 1.807) is 25.2 Å². The van der Waals surface area contributed by atoms with Crippen molar-refractivity contribution < 1.29 is 37.7 Å². The highest BCUT2D eigenvalue weighted by Gasteiger charge is 2.47. The molecule has 6 atom stereocenters. The Balaban J connectivity index is 1.53. The topological polar surface area (TPSA) is 196 Å². The number of nitrogens with one attached hydrogen (secondary N) is 2. The maximum atomic E-state index is 15.1. The molecule has 4 rings (SSSR count). The molecule has 194 valence electrons. The largest absolute Gasteiger partial charge is 0.480 e. The van der Waals surface area contributed by atoms with Gasteiger partial charge in [-0.25, -0.2) is 13.9 Å². The van der Waals surface area contributed by atoms with E-state index in [1.165, 1.54) is 30.0 Å². The predicted molar refractivity (Wildman–Crippen MR) is 125 cm³/mol. The van der Waals surface area contributed by atoms with Crippen LogP contribution in [-0.4, -0.2) is 73.8 Å². The molecule has 2 unspecified atom stereocenters. The van der Waals surface area contributed by atoms with Crippen molar-refractivity contribution in [3.8, 4) is 5.75 Å². The third-order valence-corrected chi connectivity index (χ3v) is 6.99. The van der Waals surface area contributed by atoms with Gasteiger partial charge in [-0.05, 0) is 19.1 Å². The highest BCUT2D eigenvalue weighted by molar-refractivity contribution is 7.52. The van der Waals surface area contributed by atoms with Crippen LogP contribution in [0.4, 0.5) is 16.2 Å². The van der Waals surface area contributed by atoms with Crippen LogP contribution in [0, 0.1) is 0 Å². The van der Waals surface area contributed by atoms with Crippen LogP contribution >= 0.6 is 7.75 Å². The number of aliphatic carboxylic acids is 1. The van der Waals surface area contributed by atoms with Crippen LogP contribution in [0.15, 0.2) is 36.7 Å². The number of aromatic nitrogens is 4. The van der Waals surface area contributed by atoms with Gasteiger partial charge in [-0.2, -0.15) is 15.1 Å². The van der Waals surface area contributed by atoms with Crippen LogP contribution in [-0.2, 0) is 18.6 Å². The quantitative estimate of drug-likeness (QED) is 0.238. The van der Waals surface area contributed by atoms with Crippen LogP contribution in [0.3, 0.4) is 0 Å². The van der Waals surface area contributed by atoms with Gasteiger partial charge >= 0.3 is 13.7 Å². The number of hydrogen-bond donors (Lipinski definition) is 5. The fourth-order valence-electron chi connectivity index (χ4n) is 3.53. The summed E-state index contributed by atoms with van der Waals surface area (Å²) < 4.78 is 46.2. The average molecular weight is 525 g/mol. The number of imidazole rings is 1. The second-order valence-corrected chi connectivity index (χ2v) is 9.59. The molecule has 16 heteroatoms. The lowest BCUT2D eigenvalue weighted by atomic mass is 10.1. The fourth-order valence-corrected chi connectivity index (χ4v) is 5.04. The zero-order chi connectivity index (χ0) is 26.0. The van der Waals surface area contributed by atoms with Crippen LogP contribution < -0.4 is 20.7 Å². The van der Waals surface area contributed by atoms with E-state index < -0.39 is 51.0 Å². The number of fused-ring (bicyclic) bond motifs is 1. The van der Waals surface area contributed by atoms with Gasteiger partial charge in [0.1, 0.15) is 24.0 Å². The number of carboxylic acid groups (broad SMARTS) is 1. The Labute approximate surface area is 204 Å². The van der Waals surface area contributed by atoms with E-state index in [0.29, 0.717) is 11.3 Å². The summed E-state index contributed by atoms with van der Waals surface area (Å²) in [5.41, 5.74) is 6.21. The van der Waals surface area contributed by atoms with Crippen LogP contribution in [0.2, 0.25) is 0 Å². The molecule has 36 heavy (non-hydrogen) atoms. The van der Waals surface area contributed by atoms with Gasteiger partial charge in [0, 0.05) is 7.05 Å². The van der Waals surface area contributed by atoms with E-state index >= 15 is 4.39 Å². The van der Waals surface area contributed by atoms with E-state index in [0.717, 1.165) is 0 Å². The van der Waals surface area contributed by atoms with Crippen LogP contribution in [0.1, 0.15) is 13.2 Å². The first kappa shape index (κ1) is 25.7. The third kappa shape index (κ3) is 5.24. The molecular weight excluding hydrogens is 500 g/mol. The standard InChI is InChI=1S/C20H25FN7O7P/c1-10(19(30)31)27-36(32,35-11-6-4-3-5-7-11)33-8-12-15(29)13(21)18(34-12)28-9-24-14-16(23-2)25-20(22)26-17(14)28/h3-7,9-10,12-13,15,18,29H,8H2,1-2H3,(H,27,32)(H,30,31)(H3,22,23,25,26)/t10?,12-,13+,15-,18-,36?/m1/s1. The number of nitrogens with two attached hydrogens (primary N) is 1. The number of halogens is 1. The number of benzene rings is 1. The zero-order valence-electron chi connectivity index (χ0n) is 19.2. The van der Waals surface area contributed by atoms with Gasteiger partial charge in [0.25, 0.3) is 0 Å². The van der Waals surface area contributed by atoms with Crippen LogP contribution in [0.5, 0.6) is 5.75 Å². The number of nitrogens with zero attached hydrogens (tertiary/aromatic N) is 4. The van der Waals surface area contributed by atoms with Gasteiger partial charge in [-0.15, -0.1) is 0 Å². The minimum atomic E-state index is -4.30. The summed E-state index contributed by atoms with van der Waals surface area (Å²) in [6, 6.07) is 6.62. The van der Waals surface area contributed by atoms with Gasteiger partial charge in [0.2, 0.25) is 5.95 Å². The normalized spacial score (nSPS) is 24.3. The van der Waals surface area contributed by atoms with Gasteiger partial charge in [-0.3, -0.25) is 13.9 Å². The molecule has 1 saturated heterocycles. The number of alkyl halides is 1. The number of carbonyl (C=O) groups is 1. The van der Waals surface area contributed by atoms with Crippen molar-refractivity contribution in [2.24, 2.45) is 0 Å². The monoisotopic (exact) mass is 525 g/mol. The number of hydrogen-bond acceptors (Lipinski definition) is 11. The summed E-state index contributed by atoms with van der Waals surface area (Å²) in [6.45, 7) is 0.658. The van der Waals surface area contributed by atoms with E-state index in [2.05, 4.69) is 25.4 Å². The molecule has 1 aromatic carbocycles. The Morgan fingerprint density at radius 1 is 1.36 bits per heavy atom. The first-order valence-corrected chi connectivity index (χ1v) is 12.3. The molecule has 2 aromatic heterocycles. The molecule has 0 bridgehead atoms. The Hall–Kier alpha value is -3.36. The van der Waals surface area contributed by atoms with Gasteiger partial charge in [0.05, 0.1) is 12.9 Å². The van der Waals surface area contributed by atoms with Gasteiger partial charge in [-0.1, -0.05) is 18.2 Å². The fraction of sp³-hybridized carbons (Fsp3) is 0.400.